The summed E-state index contributed by atoms with van der Waals surface area (Å²) in [6.45, 7) is 5.23. The molecular formula is C13H17FN2. The van der Waals surface area contributed by atoms with Gasteiger partial charge in [-0.15, -0.1) is 0 Å². The van der Waals surface area contributed by atoms with Gasteiger partial charge in [0.15, 0.2) is 0 Å². The number of nitriles is 1. The highest BCUT2D eigenvalue weighted by molar-refractivity contribution is 5.15. The maximum atomic E-state index is 12.8. The van der Waals surface area contributed by atoms with Crippen LogP contribution in [-0.2, 0) is 6.54 Å². The number of benzene rings is 1. The molecule has 0 amide bonds. The summed E-state index contributed by atoms with van der Waals surface area (Å²) in [5, 5.41) is 12.0. The van der Waals surface area contributed by atoms with Crippen molar-refractivity contribution in [1.29, 1.82) is 5.26 Å². The van der Waals surface area contributed by atoms with Crippen LogP contribution in [0, 0.1) is 22.6 Å². The Morgan fingerprint density at radius 2 is 2.19 bits per heavy atom. The highest BCUT2D eigenvalue weighted by atomic mass is 19.1. The van der Waals surface area contributed by atoms with Gasteiger partial charge >= 0.3 is 0 Å². The Morgan fingerprint density at radius 3 is 2.81 bits per heavy atom. The Morgan fingerprint density at radius 1 is 1.44 bits per heavy atom. The van der Waals surface area contributed by atoms with Gasteiger partial charge < -0.3 is 5.32 Å². The first-order valence-corrected chi connectivity index (χ1v) is 5.40. The molecule has 1 N–H and O–H groups in total. The van der Waals surface area contributed by atoms with Crippen LogP contribution in [0.15, 0.2) is 24.3 Å². The molecule has 16 heavy (non-hydrogen) atoms. The first-order valence-electron chi connectivity index (χ1n) is 5.40. The molecule has 0 spiro atoms. The molecule has 1 aromatic carbocycles. The Labute approximate surface area is 96.1 Å². The van der Waals surface area contributed by atoms with Crippen molar-refractivity contribution in [2.45, 2.75) is 26.8 Å². The maximum absolute atomic E-state index is 12.8. The van der Waals surface area contributed by atoms with E-state index in [1.807, 2.05) is 19.9 Å². The molecule has 0 aliphatic rings. The zero-order chi connectivity index (χ0) is 12.0. The molecule has 0 unspecified atom stereocenters. The van der Waals surface area contributed by atoms with Gasteiger partial charge in [-0.1, -0.05) is 12.1 Å². The maximum Gasteiger partial charge on any atom is 0.123 e. The summed E-state index contributed by atoms with van der Waals surface area (Å²) in [7, 11) is 0. The van der Waals surface area contributed by atoms with Gasteiger partial charge in [-0.2, -0.15) is 5.26 Å². The lowest BCUT2D eigenvalue weighted by Crippen LogP contribution is -2.21. The third-order valence-corrected chi connectivity index (χ3v) is 2.45. The molecule has 1 aromatic rings. The van der Waals surface area contributed by atoms with Crippen molar-refractivity contribution >= 4 is 0 Å². The van der Waals surface area contributed by atoms with Gasteiger partial charge in [-0.3, -0.25) is 0 Å². The molecule has 0 aromatic heterocycles. The molecule has 0 aliphatic heterocycles. The van der Waals surface area contributed by atoms with Gasteiger partial charge in [0.1, 0.15) is 5.82 Å². The lowest BCUT2D eigenvalue weighted by molar-refractivity contribution is 0.432. The number of nitrogens with one attached hydrogen (secondary N) is 1. The summed E-state index contributed by atoms with van der Waals surface area (Å²) < 4.78 is 12.8. The quantitative estimate of drug-likeness (QED) is 0.774. The Balaban J connectivity index is 2.29. The normalized spacial score (nSPS) is 11.1. The third-order valence-electron chi connectivity index (χ3n) is 2.45. The second-order valence-corrected chi connectivity index (χ2v) is 4.55. The van der Waals surface area contributed by atoms with Gasteiger partial charge in [0.25, 0.3) is 0 Å². The van der Waals surface area contributed by atoms with Crippen molar-refractivity contribution in [3.63, 3.8) is 0 Å². The summed E-state index contributed by atoms with van der Waals surface area (Å²) in [6.07, 6.45) is 0.790. The lowest BCUT2D eigenvalue weighted by Gasteiger charge is -2.15. The van der Waals surface area contributed by atoms with E-state index >= 15 is 0 Å². The molecule has 0 fully saturated rings. The van der Waals surface area contributed by atoms with Crippen molar-refractivity contribution in [2.75, 3.05) is 6.54 Å². The number of nitrogens with zero attached hydrogens (tertiary/aromatic N) is 1. The van der Waals surface area contributed by atoms with Gasteiger partial charge in [-0.25, -0.2) is 4.39 Å². The fourth-order valence-electron chi connectivity index (χ4n) is 1.34. The largest absolute Gasteiger partial charge is 0.313 e. The minimum Gasteiger partial charge on any atom is -0.313 e. The van der Waals surface area contributed by atoms with Crippen LogP contribution in [0.3, 0.4) is 0 Å². The Hall–Kier alpha value is -1.40. The number of hydrogen-bond donors (Lipinski definition) is 1. The molecule has 0 saturated heterocycles. The standard InChI is InChI=1S/C13H17FN2/c1-13(2,10-15)6-7-16-9-11-4-3-5-12(14)8-11/h3-5,8,16H,6-7,9H2,1-2H3. The number of rotatable bonds is 5. The van der Waals surface area contributed by atoms with E-state index in [1.54, 1.807) is 6.07 Å². The fraction of sp³-hybridized carbons (Fsp3) is 0.462. The second-order valence-electron chi connectivity index (χ2n) is 4.55. The second kappa shape index (κ2) is 5.62. The van der Waals surface area contributed by atoms with E-state index in [9.17, 15) is 4.39 Å². The SMILES string of the molecule is CC(C)(C#N)CCNCc1cccc(F)c1. The van der Waals surface area contributed by atoms with Gasteiger partial charge in [0.05, 0.1) is 11.5 Å². The molecule has 3 heteroatoms. The summed E-state index contributed by atoms with van der Waals surface area (Å²) in [4.78, 5) is 0. The van der Waals surface area contributed by atoms with Crippen LogP contribution in [-0.4, -0.2) is 6.54 Å². The van der Waals surface area contributed by atoms with Crippen LogP contribution < -0.4 is 5.32 Å². The first kappa shape index (κ1) is 12.7. The van der Waals surface area contributed by atoms with E-state index in [0.29, 0.717) is 6.54 Å². The Bertz CT molecular complexity index is 380. The van der Waals surface area contributed by atoms with Crippen molar-refractivity contribution in [3.05, 3.63) is 35.6 Å². The van der Waals surface area contributed by atoms with Crippen LogP contribution >= 0.6 is 0 Å². The average Bonchev–Trinajstić information content (AvgIpc) is 2.25. The van der Waals surface area contributed by atoms with E-state index in [1.165, 1.54) is 12.1 Å². The molecule has 0 saturated carbocycles. The van der Waals surface area contributed by atoms with Gasteiger partial charge in [-0.05, 0) is 44.5 Å². The van der Waals surface area contributed by atoms with Gasteiger partial charge in [0, 0.05) is 6.54 Å². The number of halogens is 1. The first-order chi connectivity index (χ1) is 7.53. The summed E-state index contributed by atoms with van der Waals surface area (Å²) in [6, 6.07) is 8.78. The van der Waals surface area contributed by atoms with Crippen molar-refractivity contribution in [3.8, 4) is 6.07 Å². The molecule has 0 aliphatic carbocycles. The van der Waals surface area contributed by atoms with E-state index in [0.717, 1.165) is 18.5 Å². The smallest absolute Gasteiger partial charge is 0.123 e. The molecule has 86 valence electrons. The van der Waals surface area contributed by atoms with E-state index in [-0.39, 0.29) is 11.2 Å². The van der Waals surface area contributed by atoms with Crippen LogP contribution in [0.5, 0.6) is 0 Å². The summed E-state index contributed by atoms with van der Waals surface area (Å²) in [5.41, 5.74) is 0.629. The average molecular weight is 220 g/mol. The summed E-state index contributed by atoms with van der Waals surface area (Å²) >= 11 is 0. The monoisotopic (exact) mass is 220 g/mol. The minimum absolute atomic E-state index is 0.211. The molecule has 1 rings (SSSR count). The van der Waals surface area contributed by atoms with Crippen molar-refractivity contribution < 1.29 is 4.39 Å². The van der Waals surface area contributed by atoms with Gasteiger partial charge in [0.2, 0.25) is 0 Å². The number of hydrogen-bond acceptors (Lipinski definition) is 2. The summed E-state index contributed by atoms with van der Waals surface area (Å²) in [5.74, 6) is -0.211. The third kappa shape index (κ3) is 4.41. The van der Waals surface area contributed by atoms with Crippen molar-refractivity contribution in [2.24, 2.45) is 5.41 Å². The predicted octanol–water partition coefficient (Wildman–Crippen LogP) is 2.86. The lowest BCUT2D eigenvalue weighted by atomic mass is 9.91. The zero-order valence-electron chi connectivity index (χ0n) is 9.76. The highest BCUT2D eigenvalue weighted by Gasteiger charge is 2.15. The van der Waals surface area contributed by atoms with E-state index < -0.39 is 0 Å². The van der Waals surface area contributed by atoms with Crippen LogP contribution in [0.2, 0.25) is 0 Å². The topological polar surface area (TPSA) is 35.8 Å². The van der Waals surface area contributed by atoms with Crippen LogP contribution in [0.4, 0.5) is 4.39 Å². The molecular weight excluding hydrogens is 203 g/mol. The fourth-order valence-corrected chi connectivity index (χ4v) is 1.34. The molecule has 0 bridgehead atoms. The predicted molar refractivity (Wildman–Crippen MR) is 62.1 cm³/mol. The zero-order valence-corrected chi connectivity index (χ0v) is 9.76. The molecule has 0 radical (unpaired) electrons. The molecule has 2 nitrogen and oxygen atoms in total. The molecule has 0 atom stereocenters. The van der Waals surface area contributed by atoms with E-state index in [4.69, 9.17) is 5.26 Å². The van der Waals surface area contributed by atoms with E-state index in [2.05, 4.69) is 11.4 Å². The Kier molecular flexibility index (Phi) is 4.45. The highest BCUT2D eigenvalue weighted by Crippen LogP contribution is 2.17. The minimum atomic E-state index is -0.297. The van der Waals surface area contributed by atoms with Crippen molar-refractivity contribution in [1.82, 2.24) is 5.32 Å². The van der Waals surface area contributed by atoms with Crippen LogP contribution in [0.25, 0.3) is 0 Å². The molecule has 0 heterocycles. The van der Waals surface area contributed by atoms with Crippen LogP contribution in [0.1, 0.15) is 25.8 Å².